The molecule has 0 saturated carbocycles. The number of benzene rings is 1. The van der Waals surface area contributed by atoms with Crippen LogP contribution in [0.1, 0.15) is 17.8 Å². The summed E-state index contributed by atoms with van der Waals surface area (Å²) in [6.45, 7) is 1.49. The Morgan fingerprint density at radius 1 is 1.21 bits per heavy atom. The van der Waals surface area contributed by atoms with Crippen LogP contribution in [0, 0.1) is 0 Å². The van der Waals surface area contributed by atoms with Gasteiger partial charge in [-0.15, -0.1) is 0 Å². The van der Waals surface area contributed by atoms with Crippen LogP contribution in [-0.2, 0) is 16.5 Å². The maximum atomic E-state index is 12.6. The molecule has 2 saturated heterocycles. The molecule has 1 aromatic carbocycles. The van der Waals surface area contributed by atoms with E-state index in [2.05, 4.69) is 20.6 Å². The molecule has 5 nitrogen and oxygen atoms in total. The fraction of sp³-hybridized carbons (Fsp3) is 0.375. The van der Waals surface area contributed by atoms with Gasteiger partial charge in [-0.05, 0) is 30.2 Å². The van der Waals surface area contributed by atoms with Crippen molar-refractivity contribution in [1.29, 1.82) is 0 Å². The molecule has 2 atom stereocenters. The highest BCUT2D eigenvalue weighted by Crippen LogP contribution is 2.40. The Bertz CT molecular complexity index is 740. The molecule has 2 aromatic rings. The van der Waals surface area contributed by atoms with Crippen LogP contribution in [0.15, 0.2) is 36.5 Å². The number of nitrogens with zero attached hydrogens (tertiary/aromatic N) is 2. The quantitative estimate of drug-likeness (QED) is 0.903. The van der Waals surface area contributed by atoms with Crippen molar-refractivity contribution in [3.05, 3.63) is 47.9 Å². The summed E-state index contributed by atoms with van der Waals surface area (Å²) in [5.74, 6) is -1.06. The molecule has 1 unspecified atom stereocenters. The normalized spacial score (nSPS) is 25.9. The second-order valence-electron chi connectivity index (χ2n) is 6.05. The molecule has 2 N–H and O–H groups in total. The van der Waals surface area contributed by atoms with Gasteiger partial charge in [-0.1, -0.05) is 12.1 Å². The summed E-state index contributed by atoms with van der Waals surface area (Å²) in [5.41, 5.74) is 1.45. The third kappa shape index (κ3) is 2.71. The average Bonchev–Trinajstić information content (AvgIpc) is 3.17. The number of nitrogens with one attached hydrogen (secondary N) is 2. The Labute approximate surface area is 136 Å². The standard InChI is InChI=1S/C16H15F3N4O/c17-16(18,19)14-20-6-5-13(23-14)22-11-3-1-10(2-4-11)15-7-12(8-24-15)21-9-15/h1-6,12,21H,7-9H2,(H,20,22,23)/t12-,15?/m1/s1. The van der Waals surface area contributed by atoms with Crippen LogP contribution in [0.25, 0.3) is 0 Å². The number of morpholine rings is 1. The third-order valence-corrected chi connectivity index (χ3v) is 4.41. The molecule has 2 aliphatic heterocycles. The Hall–Kier alpha value is -2.19. The summed E-state index contributed by atoms with van der Waals surface area (Å²) in [4.78, 5) is 6.74. The molecule has 0 radical (unpaired) electrons. The number of hydrogen-bond acceptors (Lipinski definition) is 5. The van der Waals surface area contributed by atoms with Crippen LogP contribution in [0.5, 0.6) is 0 Å². The van der Waals surface area contributed by atoms with Gasteiger partial charge in [0.2, 0.25) is 5.82 Å². The van der Waals surface area contributed by atoms with Crippen molar-refractivity contribution in [3.63, 3.8) is 0 Å². The van der Waals surface area contributed by atoms with Gasteiger partial charge in [0.25, 0.3) is 0 Å². The average molecular weight is 336 g/mol. The van der Waals surface area contributed by atoms with Crippen molar-refractivity contribution in [2.45, 2.75) is 24.2 Å². The van der Waals surface area contributed by atoms with Crippen molar-refractivity contribution in [2.75, 3.05) is 18.5 Å². The molecule has 0 aliphatic carbocycles. The van der Waals surface area contributed by atoms with E-state index in [9.17, 15) is 13.2 Å². The van der Waals surface area contributed by atoms with Gasteiger partial charge in [0.1, 0.15) is 11.4 Å². The number of hydrogen-bond donors (Lipinski definition) is 2. The number of halogens is 3. The van der Waals surface area contributed by atoms with Crippen LogP contribution in [0.2, 0.25) is 0 Å². The topological polar surface area (TPSA) is 59.1 Å². The Kier molecular flexibility index (Phi) is 3.47. The summed E-state index contributed by atoms with van der Waals surface area (Å²) in [5, 5.41) is 6.27. The van der Waals surface area contributed by atoms with E-state index in [1.54, 1.807) is 0 Å². The molecular formula is C16H15F3N4O. The monoisotopic (exact) mass is 336 g/mol. The zero-order chi connectivity index (χ0) is 16.8. The summed E-state index contributed by atoms with van der Waals surface area (Å²) in [6.07, 6.45) is -2.53. The van der Waals surface area contributed by atoms with E-state index in [0.29, 0.717) is 18.3 Å². The summed E-state index contributed by atoms with van der Waals surface area (Å²) in [7, 11) is 0. The van der Waals surface area contributed by atoms with E-state index in [-0.39, 0.29) is 11.4 Å². The molecule has 24 heavy (non-hydrogen) atoms. The first-order chi connectivity index (χ1) is 11.4. The molecule has 2 fully saturated rings. The highest BCUT2D eigenvalue weighted by Gasteiger charge is 2.47. The molecule has 8 heteroatoms. The smallest absolute Gasteiger partial charge is 0.367 e. The fourth-order valence-electron chi connectivity index (χ4n) is 3.21. The number of alkyl halides is 3. The molecular weight excluding hydrogens is 321 g/mol. The lowest BCUT2D eigenvalue weighted by Gasteiger charge is -2.27. The van der Waals surface area contributed by atoms with Crippen LogP contribution in [0.3, 0.4) is 0 Å². The lowest BCUT2D eigenvalue weighted by molar-refractivity contribution is -0.144. The van der Waals surface area contributed by atoms with Crippen molar-refractivity contribution in [2.24, 2.45) is 0 Å². The van der Waals surface area contributed by atoms with Crippen molar-refractivity contribution >= 4 is 11.5 Å². The van der Waals surface area contributed by atoms with Gasteiger partial charge in [-0.2, -0.15) is 13.2 Å². The van der Waals surface area contributed by atoms with Gasteiger partial charge in [-0.3, -0.25) is 0 Å². The fourth-order valence-corrected chi connectivity index (χ4v) is 3.21. The van der Waals surface area contributed by atoms with Gasteiger partial charge in [-0.25, -0.2) is 9.97 Å². The van der Waals surface area contributed by atoms with E-state index >= 15 is 0 Å². The van der Waals surface area contributed by atoms with Gasteiger partial charge in [0.05, 0.1) is 6.61 Å². The molecule has 0 spiro atoms. The zero-order valence-electron chi connectivity index (χ0n) is 12.6. The number of ether oxygens (including phenoxy) is 1. The minimum absolute atomic E-state index is 0.1000. The van der Waals surface area contributed by atoms with Crippen LogP contribution >= 0.6 is 0 Å². The highest BCUT2D eigenvalue weighted by atomic mass is 19.4. The maximum absolute atomic E-state index is 12.6. The van der Waals surface area contributed by atoms with E-state index in [4.69, 9.17) is 4.74 Å². The first kappa shape index (κ1) is 15.3. The van der Waals surface area contributed by atoms with Gasteiger partial charge >= 0.3 is 6.18 Å². The SMILES string of the molecule is FC(F)(F)c1nccc(Nc2ccc(C34CN[C@@H](CO3)C4)cc2)n1. The van der Waals surface area contributed by atoms with Crippen LogP contribution in [0.4, 0.5) is 24.7 Å². The van der Waals surface area contributed by atoms with Gasteiger partial charge in [0.15, 0.2) is 0 Å². The molecule has 3 heterocycles. The largest absolute Gasteiger partial charge is 0.451 e. The van der Waals surface area contributed by atoms with Gasteiger partial charge in [0, 0.05) is 24.5 Å². The lowest BCUT2D eigenvalue weighted by atomic mass is 9.93. The predicted octanol–water partition coefficient (Wildman–Crippen LogP) is 2.83. The van der Waals surface area contributed by atoms with E-state index in [0.717, 1.165) is 24.7 Å². The van der Waals surface area contributed by atoms with E-state index in [1.165, 1.54) is 6.07 Å². The van der Waals surface area contributed by atoms with Crippen molar-refractivity contribution in [3.8, 4) is 0 Å². The molecule has 2 aliphatic rings. The van der Waals surface area contributed by atoms with Gasteiger partial charge < -0.3 is 15.4 Å². The third-order valence-electron chi connectivity index (χ3n) is 4.41. The van der Waals surface area contributed by atoms with Crippen LogP contribution < -0.4 is 10.6 Å². The van der Waals surface area contributed by atoms with Crippen molar-refractivity contribution < 1.29 is 17.9 Å². The first-order valence-corrected chi connectivity index (χ1v) is 7.60. The van der Waals surface area contributed by atoms with Crippen molar-refractivity contribution in [1.82, 2.24) is 15.3 Å². The number of rotatable bonds is 3. The Balaban J connectivity index is 1.52. The predicted molar refractivity (Wildman–Crippen MR) is 80.8 cm³/mol. The first-order valence-electron chi connectivity index (χ1n) is 7.60. The summed E-state index contributed by atoms with van der Waals surface area (Å²) >= 11 is 0. The lowest BCUT2D eigenvalue weighted by Crippen LogP contribution is -2.37. The second-order valence-corrected chi connectivity index (χ2v) is 6.05. The van der Waals surface area contributed by atoms with Crippen LogP contribution in [-0.4, -0.2) is 29.2 Å². The zero-order valence-corrected chi connectivity index (χ0v) is 12.6. The number of aromatic nitrogens is 2. The Morgan fingerprint density at radius 2 is 2.00 bits per heavy atom. The molecule has 0 amide bonds. The molecule has 4 rings (SSSR count). The molecule has 126 valence electrons. The van der Waals surface area contributed by atoms with E-state index < -0.39 is 12.0 Å². The minimum atomic E-state index is -4.56. The molecule has 1 aromatic heterocycles. The minimum Gasteiger partial charge on any atom is -0.367 e. The Morgan fingerprint density at radius 3 is 2.58 bits per heavy atom. The number of fused-ring (bicyclic) bond motifs is 2. The number of anilines is 2. The highest BCUT2D eigenvalue weighted by molar-refractivity contribution is 5.56. The second kappa shape index (κ2) is 5.42. The summed E-state index contributed by atoms with van der Waals surface area (Å²) in [6, 6.07) is 9.30. The maximum Gasteiger partial charge on any atom is 0.451 e. The van der Waals surface area contributed by atoms with E-state index in [1.807, 2.05) is 24.3 Å². The summed E-state index contributed by atoms with van der Waals surface area (Å²) < 4.78 is 43.8. The molecule has 2 bridgehead atoms.